The highest BCUT2D eigenvalue weighted by Gasteiger charge is 2.24. The van der Waals surface area contributed by atoms with E-state index in [4.69, 9.17) is 4.98 Å². The number of nitrogens with zero attached hydrogens (tertiary/aromatic N) is 4. The number of carbonyl (C=O) groups excluding carboxylic acids is 1. The van der Waals surface area contributed by atoms with Crippen molar-refractivity contribution >= 4 is 34.9 Å². The molecule has 0 unspecified atom stereocenters. The zero-order valence-electron chi connectivity index (χ0n) is 20.4. The predicted octanol–water partition coefficient (Wildman–Crippen LogP) is 6.39. The Balaban J connectivity index is 1.72. The van der Waals surface area contributed by atoms with Crippen molar-refractivity contribution in [2.45, 2.75) is 19.9 Å². The standard InChI is InChI=1S/C28H30N6O/c1-20-12-8-9-15-23(20)31-28(35)34(25-17-11-10-16-24(25)33(3)4)26-18-19-29-27(32-26)30-21(2)22-13-6-5-7-14-22/h5-19,21H,1-4H3,(H,31,35)(H,29,30,32)/t21-/m0/s1. The third kappa shape index (κ3) is 5.58. The lowest BCUT2D eigenvalue weighted by Crippen LogP contribution is -2.33. The fraction of sp³-hybridized carbons (Fsp3) is 0.179. The molecule has 0 aliphatic carbocycles. The van der Waals surface area contributed by atoms with E-state index in [9.17, 15) is 4.79 Å². The van der Waals surface area contributed by atoms with Gasteiger partial charge in [0.15, 0.2) is 0 Å². The molecule has 0 radical (unpaired) electrons. The van der Waals surface area contributed by atoms with Crippen molar-refractivity contribution in [3.05, 3.63) is 102 Å². The Labute approximate surface area is 206 Å². The number of aryl methyl sites for hydroxylation is 1. The third-order valence-corrected chi connectivity index (χ3v) is 5.71. The second kappa shape index (κ2) is 10.7. The van der Waals surface area contributed by atoms with Crippen molar-refractivity contribution in [1.29, 1.82) is 0 Å². The quantitative estimate of drug-likeness (QED) is 0.330. The van der Waals surface area contributed by atoms with Crippen LogP contribution in [0.1, 0.15) is 24.1 Å². The van der Waals surface area contributed by atoms with Crippen LogP contribution in [0.2, 0.25) is 0 Å². The van der Waals surface area contributed by atoms with E-state index in [1.807, 2.05) is 92.6 Å². The molecule has 7 nitrogen and oxygen atoms in total. The number of nitrogens with one attached hydrogen (secondary N) is 2. The van der Waals surface area contributed by atoms with E-state index in [1.54, 1.807) is 17.2 Å². The van der Waals surface area contributed by atoms with Crippen LogP contribution in [0.5, 0.6) is 0 Å². The maximum atomic E-state index is 13.7. The number of benzene rings is 3. The van der Waals surface area contributed by atoms with E-state index in [1.165, 1.54) is 0 Å². The fourth-order valence-corrected chi connectivity index (χ4v) is 3.81. The molecule has 35 heavy (non-hydrogen) atoms. The average molecular weight is 467 g/mol. The smallest absolute Gasteiger partial charge is 0.332 e. The topological polar surface area (TPSA) is 73.4 Å². The van der Waals surface area contributed by atoms with Crippen molar-refractivity contribution in [3.63, 3.8) is 0 Å². The van der Waals surface area contributed by atoms with E-state index >= 15 is 0 Å². The highest BCUT2D eigenvalue weighted by Crippen LogP contribution is 2.34. The number of carbonyl (C=O) groups is 1. The molecule has 0 aliphatic rings. The van der Waals surface area contributed by atoms with E-state index in [-0.39, 0.29) is 12.1 Å². The Morgan fingerprint density at radius 1 is 0.857 bits per heavy atom. The summed E-state index contributed by atoms with van der Waals surface area (Å²) in [5, 5.41) is 6.40. The summed E-state index contributed by atoms with van der Waals surface area (Å²) in [7, 11) is 3.90. The second-order valence-electron chi connectivity index (χ2n) is 8.48. The zero-order valence-corrected chi connectivity index (χ0v) is 20.4. The van der Waals surface area contributed by atoms with Crippen molar-refractivity contribution < 1.29 is 4.79 Å². The lowest BCUT2D eigenvalue weighted by atomic mass is 10.1. The molecule has 3 aromatic carbocycles. The maximum Gasteiger partial charge on any atom is 0.332 e. The van der Waals surface area contributed by atoms with Gasteiger partial charge in [-0.2, -0.15) is 4.98 Å². The number of hydrogen-bond donors (Lipinski definition) is 2. The molecule has 0 aliphatic heterocycles. The van der Waals surface area contributed by atoms with Gasteiger partial charge in [0.05, 0.1) is 17.4 Å². The summed E-state index contributed by atoms with van der Waals surface area (Å²) in [6, 6.07) is 27.0. The first-order valence-electron chi connectivity index (χ1n) is 11.5. The van der Waals surface area contributed by atoms with Crippen LogP contribution >= 0.6 is 0 Å². The monoisotopic (exact) mass is 466 g/mol. The lowest BCUT2D eigenvalue weighted by Gasteiger charge is -2.27. The predicted molar refractivity (Wildman–Crippen MR) is 144 cm³/mol. The van der Waals surface area contributed by atoms with Gasteiger partial charge in [-0.3, -0.25) is 0 Å². The van der Waals surface area contributed by atoms with Gasteiger partial charge in [0, 0.05) is 32.0 Å². The molecular formula is C28H30N6O. The van der Waals surface area contributed by atoms with Crippen molar-refractivity contribution in [3.8, 4) is 0 Å². The minimum atomic E-state index is -0.311. The third-order valence-electron chi connectivity index (χ3n) is 5.71. The molecule has 1 aromatic heterocycles. The molecule has 7 heteroatoms. The van der Waals surface area contributed by atoms with Gasteiger partial charge in [-0.15, -0.1) is 0 Å². The first-order chi connectivity index (χ1) is 16.9. The van der Waals surface area contributed by atoms with E-state index in [2.05, 4.69) is 34.7 Å². The maximum absolute atomic E-state index is 13.7. The molecule has 0 spiro atoms. The van der Waals surface area contributed by atoms with Gasteiger partial charge in [0.25, 0.3) is 0 Å². The van der Waals surface area contributed by atoms with Crippen LogP contribution in [0.25, 0.3) is 0 Å². The zero-order chi connectivity index (χ0) is 24.8. The van der Waals surface area contributed by atoms with Crippen molar-refractivity contribution in [2.24, 2.45) is 0 Å². The summed E-state index contributed by atoms with van der Waals surface area (Å²) < 4.78 is 0. The molecule has 2 N–H and O–H groups in total. The Bertz CT molecular complexity index is 1290. The highest BCUT2D eigenvalue weighted by molar-refractivity contribution is 6.08. The number of amides is 2. The Morgan fingerprint density at radius 2 is 1.51 bits per heavy atom. The molecule has 4 aromatic rings. The molecule has 4 rings (SSSR count). The molecule has 2 amide bonds. The van der Waals surface area contributed by atoms with Gasteiger partial charge >= 0.3 is 6.03 Å². The number of para-hydroxylation sites is 3. The number of anilines is 5. The van der Waals surface area contributed by atoms with Crippen molar-refractivity contribution in [1.82, 2.24) is 9.97 Å². The first kappa shape index (κ1) is 23.8. The van der Waals surface area contributed by atoms with E-state index in [0.29, 0.717) is 17.5 Å². The summed E-state index contributed by atoms with van der Waals surface area (Å²) >= 11 is 0. The van der Waals surface area contributed by atoms with Crippen LogP contribution in [0, 0.1) is 6.92 Å². The van der Waals surface area contributed by atoms with Crippen LogP contribution in [0.15, 0.2) is 91.1 Å². The van der Waals surface area contributed by atoms with Gasteiger partial charge in [-0.25, -0.2) is 14.7 Å². The van der Waals surface area contributed by atoms with E-state index in [0.717, 1.165) is 22.5 Å². The van der Waals surface area contributed by atoms with Crippen LogP contribution in [-0.4, -0.2) is 30.1 Å². The molecule has 1 atom stereocenters. The SMILES string of the molecule is Cc1ccccc1NC(=O)N(c1ccnc(N[C@@H](C)c2ccccc2)n1)c1ccccc1N(C)C. The summed E-state index contributed by atoms with van der Waals surface area (Å²) in [5.41, 5.74) is 4.44. The first-order valence-corrected chi connectivity index (χ1v) is 11.5. The van der Waals surface area contributed by atoms with Crippen LogP contribution in [-0.2, 0) is 0 Å². The molecule has 0 saturated heterocycles. The number of urea groups is 1. The minimum Gasteiger partial charge on any atom is -0.376 e. The summed E-state index contributed by atoms with van der Waals surface area (Å²) in [4.78, 5) is 26.4. The minimum absolute atomic E-state index is 0.00486. The number of aromatic nitrogens is 2. The molecule has 1 heterocycles. The van der Waals surface area contributed by atoms with Gasteiger partial charge < -0.3 is 15.5 Å². The van der Waals surface area contributed by atoms with Crippen molar-refractivity contribution in [2.75, 3.05) is 34.5 Å². The summed E-state index contributed by atoms with van der Waals surface area (Å²) in [6.45, 7) is 4.01. The molecule has 178 valence electrons. The van der Waals surface area contributed by atoms with Crippen LogP contribution in [0.4, 0.5) is 33.6 Å². The Morgan fingerprint density at radius 3 is 2.23 bits per heavy atom. The van der Waals surface area contributed by atoms with E-state index < -0.39 is 0 Å². The normalized spacial score (nSPS) is 11.4. The van der Waals surface area contributed by atoms with Crippen LogP contribution in [0.3, 0.4) is 0 Å². The fourth-order valence-electron chi connectivity index (χ4n) is 3.81. The Kier molecular flexibility index (Phi) is 7.26. The summed E-state index contributed by atoms with van der Waals surface area (Å²) in [5.74, 6) is 0.901. The van der Waals surface area contributed by atoms with Gasteiger partial charge in [-0.1, -0.05) is 60.7 Å². The largest absolute Gasteiger partial charge is 0.376 e. The van der Waals surface area contributed by atoms with Crippen LogP contribution < -0.4 is 20.4 Å². The molecule has 0 fully saturated rings. The lowest BCUT2D eigenvalue weighted by molar-refractivity contribution is 0.259. The summed E-state index contributed by atoms with van der Waals surface area (Å²) in [6.07, 6.45) is 1.66. The second-order valence-corrected chi connectivity index (χ2v) is 8.48. The number of hydrogen-bond acceptors (Lipinski definition) is 5. The molecule has 0 saturated carbocycles. The number of rotatable bonds is 7. The van der Waals surface area contributed by atoms with Gasteiger partial charge in [-0.05, 0) is 43.2 Å². The van der Waals surface area contributed by atoms with Gasteiger partial charge in [0.2, 0.25) is 5.95 Å². The molecular weight excluding hydrogens is 436 g/mol. The highest BCUT2D eigenvalue weighted by atomic mass is 16.2. The average Bonchev–Trinajstić information content (AvgIpc) is 2.86. The van der Waals surface area contributed by atoms with Gasteiger partial charge in [0.1, 0.15) is 5.82 Å². The molecule has 0 bridgehead atoms. The Hall–Kier alpha value is -4.39.